The van der Waals surface area contributed by atoms with Crippen LogP contribution < -0.4 is 5.73 Å². The smallest absolute Gasteiger partial charge is 0.0830 e. The van der Waals surface area contributed by atoms with Crippen LogP contribution in [0.3, 0.4) is 0 Å². The molecule has 0 aliphatic rings. The molecule has 1 aromatic rings. The first-order valence-corrected chi connectivity index (χ1v) is 5.01. The summed E-state index contributed by atoms with van der Waals surface area (Å²) in [5.74, 6) is 0.108. The fourth-order valence-electron chi connectivity index (χ4n) is 1.59. The van der Waals surface area contributed by atoms with E-state index in [2.05, 4.69) is 13.0 Å². The summed E-state index contributed by atoms with van der Waals surface area (Å²) in [5, 5.41) is 9.98. The van der Waals surface area contributed by atoms with Crippen molar-refractivity contribution in [2.24, 2.45) is 11.7 Å². The molecule has 2 unspecified atom stereocenters. The fourth-order valence-corrected chi connectivity index (χ4v) is 1.59. The lowest BCUT2D eigenvalue weighted by atomic mass is 9.93. The van der Waals surface area contributed by atoms with Gasteiger partial charge in [0.2, 0.25) is 0 Å². The Kier molecular flexibility index (Phi) is 3.67. The lowest BCUT2D eigenvalue weighted by molar-refractivity contribution is 0.121. The molecule has 3 N–H and O–H groups in total. The molecule has 0 amide bonds. The highest BCUT2D eigenvalue weighted by Gasteiger charge is 2.16. The van der Waals surface area contributed by atoms with Gasteiger partial charge in [0.15, 0.2) is 0 Å². The summed E-state index contributed by atoms with van der Waals surface area (Å²) in [6.45, 7) is 6.54. The normalized spacial score (nSPS) is 15.2. The second-order valence-corrected chi connectivity index (χ2v) is 4.02. The van der Waals surface area contributed by atoms with E-state index in [4.69, 9.17) is 5.73 Å². The van der Waals surface area contributed by atoms with Crippen LogP contribution in [0.1, 0.15) is 29.7 Å². The Hall–Kier alpha value is -0.860. The summed E-state index contributed by atoms with van der Waals surface area (Å²) in [6, 6.07) is 6.10. The SMILES string of the molecule is Cc1ccc(C(O)C(C)CN)c(C)c1. The summed E-state index contributed by atoms with van der Waals surface area (Å²) >= 11 is 0. The van der Waals surface area contributed by atoms with Crippen LogP contribution >= 0.6 is 0 Å². The molecule has 2 nitrogen and oxygen atoms in total. The predicted octanol–water partition coefficient (Wildman–Crippen LogP) is 1.93. The van der Waals surface area contributed by atoms with Gasteiger partial charge in [-0.05, 0) is 37.4 Å². The predicted molar refractivity (Wildman–Crippen MR) is 59.1 cm³/mol. The summed E-state index contributed by atoms with van der Waals surface area (Å²) in [5.41, 5.74) is 8.88. The number of hydrogen-bond donors (Lipinski definition) is 2. The molecule has 0 radical (unpaired) electrons. The molecule has 2 heteroatoms. The lowest BCUT2D eigenvalue weighted by Crippen LogP contribution is -2.19. The molecule has 0 aromatic heterocycles. The summed E-state index contributed by atoms with van der Waals surface area (Å²) in [6.07, 6.45) is -0.444. The van der Waals surface area contributed by atoms with E-state index in [0.717, 1.165) is 11.1 Å². The van der Waals surface area contributed by atoms with Crippen LogP contribution in [0.2, 0.25) is 0 Å². The van der Waals surface area contributed by atoms with Gasteiger partial charge in [0.05, 0.1) is 6.10 Å². The largest absolute Gasteiger partial charge is 0.388 e. The van der Waals surface area contributed by atoms with E-state index >= 15 is 0 Å². The van der Waals surface area contributed by atoms with E-state index in [1.807, 2.05) is 26.0 Å². The molecule has 0 bridgehead atoms. The van der Waals surface area contributed by atoms with Gasteiger partial charge < -0.3 is 10.8 Å². The summed E-state index contributed by atoms with van der Waals surface area (Å²) < 4.78 is 0. The number of hydrogen-bond acceptors (Lipinski definition) is 2. The van der Waals surface area contributed by atoms with E-state index in [0.29, 0.717) is 6.54 Å². The Bertz CT molecular complexity index is 309. The van der Waals surface area contributed by atoms with E-state index in [9.17, 15) is 5.11 Å². The topological polar surface area (TPSA) is 46.2 Å². The maximum atomic E-state index is 9.98. The molecule has 0 aliphatic carbocycles. The second-order valence-electron chi connectivity index (χ2n) is 4.02. The molecule has 0 heterocycles. The average molecular weight is 193 g/mol. The number of aryl methyl sites for hydroxylation is 2. The van der Waals surface area contributed by atoms with Crippen molar-refractivity contribution in [1.29, 1.82) is 0 Å². The number of aliphatic hydroxyl groups excluding tert-OH is 1. The van der Waals surface area contributed by atoms with E-state index in [1.165, 1.54) is 5.56 Å². The van der Waals surface area contributed by atoms with Crippen LogP contribution in [0, 0.1) is 19.8 Å². The van der Waals surface area contributed by atoms with Crippen LogP contribution in [-0.2, 0) is 0 Å². The molecular weight excluding hydrogens is 174 g/mol. The van der Waals surface area contributed by atoms with Crippen molar-refractivity contribution in [3.05, 3.63) is 34.9 Å². The van der Waals surface area contributed by atoms with Crippen molar-refractivity contribution < 1.29 is 5.11 Å². The monoisotopic (exact) mass is 193 g/mol. The summed E-state index contributed by atoms with van der Waals surface area (Å²) in [4.78, 5) is 0. The molecule has 14 heavy (non-hydrogen) atoms. The van der Waals surface area contributed by atoms with E-state index < -0.39 is 6.10 Å². The van der Waals surface area contributed by atoms with Crippen LogP contribution in [0.15, 0.2) is 18.2 Å². The highest BCUT2D eigenvalue weighted by Crippen LogP contribution is 2.24. The first kappa shape index (κ1) is 11.2. The van der Waals surface area contributed by atoms with Gasteiger partial charge in [0, 0.05) is 0 Å². The van der Waals surface area contributed by atoms with Crippen molar-refractivity contribution in [2.45, 2.75) is 26.9 Å². The Morgan fingerprint density at radius 2 is 2.00 bits per heavy atom. The van der Waals surface area contributed by atoms with Gasteiger partial charge >= 0.3 is 0 Å². The van der Waals surface area contributed by atoms with Gasteiger partial charge in [0.25, 0.3) is 0 Å². The summed E-state index contributed by atoms with van der Waals surface area (Å²) in [7, 11) is 0. The zero-order chi connectivity index (χ0) is 10.7. The van der Waals surface area contributed by atoms with Crippen molar-refractivity contribution in [3.63, 3.8) is 0 Å². The second kappa shape index (κ2) is 4.58. The van der Waals surface area contributed by atoms with E-state index in [-0.39, 0.29) is 5.92 Å². The molecule has 1 rings (SSSR count). The average Bonchev–Trinajstić information content (AvgIpc) is 2.15. The molecule has 1 aromatic carbocycles. The Morgan fingerprint density at radius 3 is 2.50 bits per heavy atom. The third kappa shape index (κ3) is 2.34. The molecule has 0 spiro atoms. The van der Waals surface area contributed by atoms with Crippen LogP contribution in [0.25, 0.3) is 0 Å². The van der Waals surface area contributed by atoms with Crippen LogP contribution in [0.5, 0.6) is 0 Å². The molecule has 2 atom stereocenters. The zero-order valence-corrected chi connectivity index (χ0v) is 9.12. The van der Waals surface area contributed by atoms with Crippen molar-refractivity contribution in [1.82, 2.24) is 0 Å². The molecule has 0 saturated carbocycles. The highest BCUT2D eigenvalue weighted by molar-refractivity contribution is 5.32. The number of rotatable bonds is 3. The standard InChI is InChI=1S/C12H19NO/c1-8-4-5-11(9(2)6-8)12(14)10(3)7-13/h4-6,10,12,14H,7,13H2,1-3H3. The molecular formula is C12H19NO. The quantitative estimate of drug-likeness (QED) is 0.770. The minimum absolute atomic E-state index is 0.108. The van der Waals surface area contributed by atoms with E-state index in [1.54, 1.807) is 0 Å². The van der Waals surface area contributed by atoms with Gasteiger partial charge in [-0.2, -0.15) is 0 Å². The third-order valence-electron chi connectivity index (χ3n) is 2.65. The minimum Gasteiger partial charge on any atom is -0.388 e. The zero-order valence-electron chi connectivity index (χ0n) is 9.12. The number of nitrogens with two attached hydrogens (primary N) is 1. The number of benzene rings is 1. The first-order chi connectivity index (χ1) is 6.56. The lowest BCUT2D eigenvalue weighted by Gasteiger charge is -2.19. The van der Waals surface area contributed by atoms with Gasteiger partial charge in [-0.1, -0.05) is 30.7 Å². The third-order valence-corrected chi connectivity index (χ3v) is 2.65. The van der Waals surface area contributed by atoms with Crippen LogP contribution in [-0.4, -0.2) is 11.7 Å². The highest BCUT2D eigenvalue weighted by atomic mass is 16.3. The van der Waals surface area contributed by atoms with Gasteiger partial charge in [-0.15, -0.1) is 0 Å². The van der Waals surface area contributed by atoms with Crippen molar-refractivity contribution in [3.8, 4) is 0 Å². The Balaban J connectivity index is 2.95. The molecule has 78 valence electrons. The maximum absolute atomic E-state index is 9.98. The fraction of sp³-hybridized carbons (Fsp3) is 0.500. The van der Waals surface area contributed by atoms with Crippen molar-refractivity contribution >= 4 is 0 Å². The number of aliphatic hydroxyl groups is 1. The molecule has 0 aliphatic heterocycles. The molecule has 0 saturated heterocycles. The van der Waals surface area contributed by atoms with Crippen LogP contribution in [0.4, 0.5) is 0 Å². The van der Waals surface area contributed by atoms with Crippen molar-refractivity contribution in [2.75, 3.05) is 6.54 Å². The van der Waals surface area contributed by atoms with Gasteiger partial charge in [0.1, 0.15) is 0 Å². The molecule has 0 fully saturated rings. The Labute approximate surface area is 85.8 Å². The first-order valence-electron chi connectivity index (χ1n) is 5.01. The minimum atomic E-state index is -0.444. The maximum Gasteiger partial charge on any atom is 0.0830 e. The van der Waals surface area contributed by atoms with Gasteiger partial charge in [-0.25, -0.2) is 0 Å². The Morgan fingerprint density at radius 1 is 1.36 bits per heavy atom. The van der Waals surface area contributed by atoms with Gasteiger partial charge in [-0.3, -0.25) is 0 Å².